The Labute approximate surface area is 236 Å². The molecule has 0 saturated carbocycles. The number of halogens is 1. The van der Waals surface area contributed by atoms with Gasteiger partial charge < -0.3 is 10.1 Å². The number of guanidine groups is 1. The number of nitrogens with one attached hydrogen (secondary N) is 2. The lowest BCUT2D eigenvalue weighted by Gasteiger charge is -2.30. The molecule has 2 aromatic carbocycles. The van der Waals surface area contributed by atoms with Gasteiger partial charge in [-0.25, -0.2) is 19.9 Å². The molecule has 1 amide bonds. The second kappa shape index (κ2) is 15.4. The molecule has 0 fully saturated rings. The van der Waals surface area contributed by atoms with E-state index in [4.69, 9.17) is 16.3 Å². The van der Waals surface area contributed by atoms with Gasteiger partial charge in [-0.1, -0.05) is 65.6 Å². The van der Waals surface area contributed by atoms with E-state index in [9.17, 15) is 19.7 Å². The molecular weight excluding hydrogens is 544 g/mol. The number of esters is 1. The normalized spacial score (nSPS) is 11.5. The van der Waals surface area contributed by atoms with E-state index in [2.05, 4.69) is 15.3 Å². The number of hydrazine groups is 1. The molecule has 0 spiro atoms. The lowest BCUT2D eigenvalue weighted by Crippen LogP contribution is -2.45. The standard InChI is InChI=1S/C20H23NO3.C6H8ClN5O2S/c1-14-9-8-10-15(2)19(14)21(16(3)20(23)24-4)18(22)13-17-11-6-5-7-12-17;1-8-6(11-12(13)14)10-3-4-2-9-5(7)15-4/h5-12,16H,13H2,1-4H3;2H,3H2,1H3,(H2,8,10,11)/t16-;/m1./s1. The van der Waals surface area contributed by atoms with Crippen LogP contribution in [0.15, 0.2) is 59.7 Å². The van der Waals surface area contributed by atoms with Crippen LogP contribution in [0.25, 0.3) is 0 Å². The summed E-state index contributed by atoms with van der Waals surface area (Å²) in [6.45, 7) is 5.96. The quantitative estimate of drug-likeness (QED) is 0.135. The number of nitro groups is 1. The number of anilines is 1. The Morgan fingerprint density at radius 1 is 1.18 bits per heavy atom. The predicted octanol–water partition coefficient (Wildman–Crippen LogP) is 4.09. The first-order valence-electron chi connectivity index (χ1n) is 11.8. The third-order valence-corrected chi connectivity index (χ3v) is 6.57. The molecule has 0 aliphatic carbocycles. The first-order valence-corrected chi connectivity index (χ1v) is 13.0. The summed E-state index contributed by atoms with van der Waals surface area (Å²) in [6.07, 6.45) is 1.83. The van der Waals surface area contributed by atoms with Crippen molar-refractivity contribution in [2.75, 3.05) is 19.1 Å². The van der Waals surface area contributed by atoms with Gasteiger partial charge in [0.25, 0.3) is 5.96 Å². The van der Waals surface area contributed by atoms with Crippen LogP contribution in [-0.2, 0) is 27.3 Å². The SMILES string of the molecule is CN=C(NCc1cnc(Cl)s1)N[N+](=O)[O-].COC(=O)[C@@H](C)N(C(=O)Cc1ccccc1)c1c(C)cccc1C. The molecular formula is C26H31ClN6O5S. The van der Waals surface area contributed by atoms with Crippen molar-refractivity contribution in [3.63, 3.8) is 0 Å². The second-order valence-corrected chi connectivity index (χ2v) is 9.94. The minimum absolute atomic E-state index is 0.0875. The van der Waals surface area contributed by atoms with Crippen LogP contribution < -0.4 is 15.6 Å². The van der Waals surface area contributed by atoms with Gasteiger partial charge in [-0.3, -0.25) is 14.7 Å². The fourth-order valence-corrected chi connectivity index (χ4v) is 4.56. The van der Waals surface area contributed by atoms with Crippen molar-refractivity contribution < 1.29 is 19.4 Å². The van der Waals surface area contributed by atoms with Crippen LogP contribution in [0.5, 0.6) is 0 Å². The zero-order valence-corrected chi connectivity index (χ0v) is 23.9. The average Bonchev–Trinajstić information content (AvgIpc) is 3.33. The van der Waals surface area contributed by atoms with Crippen LogP contribution in [0.3, 0.4) is 0 Å². The fraction of sp³-hybridized carbons (Fsp3) is 0.308. The summed E-state index contributed by atoms with van der Waals surface area (Å²) in [5.41, 5.74) is 5.51. The van der Waals surface area contributed by atoms with E-state index in [0.29, 0.717) is 11.0 Å². The molecule has 208 valence electrons. The Bertz CT molecular complexity index is 1280. The number of nitrogens with zero attached hydrogens (tertiary/aromatic N) is 4. The van der Waals surface area contributed by atoms with Crippen molar-refractivity contribution in [3.8, 4) is 0 Å². The molecule has 3 aromatic rings. The molecule has 1 atom stereocenters. The molecule has 11 nitrogen and oxygen atoms in total. The maximum Gasteiger partial charge on any atom is 0.328 e. The summed E-state index contributed by atoms with van der Waals surface area (Å²) < 4.78 is 5.30. The van der Waals surface area contributed by atoms with Gasteiger partial charge in [-0.15, -0.1) is 11.3 Å². The smallest absolute Gasteiger partial charge is 0.328 e. The largest absolute Gasteiger partial charge is 0.467 e. The average molecular weight is 575 g/mol. The number of thiazole rings is 1. The fourth-order valence-electron chi connectivity index (χ4n) is 3.64. The summed E-state index contributed by atoms with van der Waals surface area (Å²) in [4.78, 5) is 45.1. The Balaban J connectivity index is 0.000000306. The number of aromatic nitrogens is 1. The van der Waals surface area contributed by atoms with Gasteiger partial charge >= 0.3 is 5.97 Å². The van der Waals surface area contributed by atoms with E-state index in [0.717, 1.165) is 27.3 Å². The van der Waals surface area contributed by atoms with Gasteiger partial charge in [0.05, 0.1) is 25.8 Å². The molecule has 0 aliphatic heterocycles. The minimum Gasteiger partial charge on any atom is -0.467 e. The van der Waals surface area contributed by atoms with Crippen molar-refractivity contribution >= 4 is 46.5 Å². The van der Waals surface area contributed by atoms with Crippen molar-refractivity contribution in [1.82, 2.24) is 15.7 Å². The first-order chi connectivity index (χ1) is 18.6. The van der Waals surface area contributed by atoms with Gasteiger partial charge in [-0.05, 0) is 37.5 Å². The second-order valence-electron chi connectivity index (χ2n) is 8.24. The highest BCUT2D eigenvalue weighted by atomic mass is 35.5. The van der Waals surface area contributed by atoms with E-state index in [1.54, 1.807) is 18.0 Å². The molecule has 39 heavy (non-hydrogen) atoms. The van der Waals surface area contributed by atoms with E-state index in [1.807, 2.05) is 67.8 Å². The van der Waals surface area contributed by atoms with Crippen LogP contribution in [0.1, 0.15) is 28.5 Å². The maximum atomic E-state index is 13.0. The molecule has 0 radical (unpaired) electrons. The molecule has 2 N–H and O–H groups in total. The number of ether oxygens (including phenoxy) is 1. The van der Waals surface area contributed by atoms with Gasteiger partial charge in [0.2, 0.25) is 5.91 Å². The lowest BCUT2D eigenvalue weighted by molar-refractivity contribution is -0.525. The number of carbonyl (C=O) groups excluding carboxylic acids is 2. The van der Waals surface area contributed by atoms with Crippen LogP contribution >= 0.6 is 22.9 Å². The maximum absolute atomic E-state index is 13.0. The highest BCUT2D eigenvalue weighted by molar-refractivity contribution is 7.15. The number of benzene rings is 2. The van der Waals surface area contributed by atoms with Crippen LogP contribution in [0.4, 0.5) is 5.69 Å². The predicted molar refractivity (Wildman–Crippen MR) is 152 cm³/mol. The van der Waals surface area contributed by atoms with E-state index in [1.165, 1.54) is 25.5 Å². The number of carbonyl (C=O) groups is 2. The van der Waals surface area contributed by atoms with Crippen molar-refractivity contribution in [1.29, 1.82) is 0 Å². The minimum atomic E-state index is -0.689. The zero-order chi connectivity index (χ0) is 28.9. The number of aryl methyl sites for hydroxylation is 2. The number of aliphatic imine (C=N–C) groups is 1. The highest BCUT2D eigenvalue weighted by Gasteiger charge is 2.30. The number of hydrogen-bond donors (Lipinski definition) is 2. The monoisotopic (exact) mass is 574 g/mol. The molecule has 3 rings (SSSR count). The molecule has 0 saturated heterocycles. The summed E-state index contributed by atoms with van der Waals surface area (Å²) in [5, 5.41) is 12.2. The van der Waals surface area contributed by atoms with E-state index in [-0.39, 0.29) is 18.3 Å². The Hall–Kier alpha value is -4.03. The van der Waals surface area contributed by atoms with Crippen molar-refractivity contribution in [3.05, 3.63) is 90.9 Å². The van der Waals surface area contributed by atoms with Gasteiger partial charge in [0.1, 0.15) is 6.04 Å². The van der Waals surface area contributed by atoms with E-state index < -0.39 is 17.0 Å². The lowest BCUT2D eigenvalue weighted by atomic mass is 10.0. The summed E-state index contributed by atoms with van der Waals surface area (Å²) in [5.74, 6) is -0.472. The molecule has 0 aliphatic rings. The number of methoxy groups -OCH3 is 1. The molecule has 0 unspecified atom stereocenters. The Morgan fingerprint density at radius 3 is 2.33 bits per heavy atom. The van der Waals surface area contributed by atoms with E-state index >= 15 is 0 Å². The van der Waals surface area contributed by atoms with Crippen LogP contribution in [-0.4, -0.2) is 48.1 Å². The van der Waals surface area contributed by atoms with Crippen molar-refractivity contribution in [2.45, 2.75) is 39.8 Å². The highest BCUT2D eigenvalue weighted by Crippen LogP contribution is 2.28. The molecule has 1 heterocycles. The first kappa shape index (κ1) is 31.2. The zero-order valence-electron chi connectivity index (χ0n) is 22.3. The van der Waals surface area contributed by atoms with Crippen molar-refractivity contribution in [2.24, 2.45) is 4.99 Å². The van der Waals surface area contributed by atoms with Gasteiger partial charge in [0.15, 0.2) is 9.50 Å². The number of para-hydroxylation sites is 1. The summed E-state index contributed by atoms with van der Waals surface area (Å²) >= 11 is 6.92. The topological polar surface area (TPSA) is 139 Å². The third kappa shape index (κ3) is 9.65. The summed E-state index contributed by atoms with van der Waals surface area (Å²) in [6, 6.07) is 14.7. The number of rotatable bonds is 8. The Kier molecular flexibility index (Phi) is 12.3. The number of amides is 1. The van der Waals surface area contributed by atoms with Crippen LogP contribution in [0.2, 0.25) is 4.47 Å². The molecule has 0 bridgehead atoms. The number of hydrogen-bond acceptors (Lipinski definition) is 8. The molecule has 1 aromatic heterocycles. The van der Waals surface area contributed by atoms with Gasteiger partial charge in [-0.2, -0.15) is 0 Å². The summed E-state index contributed by atoms with van der Waals surface area (Å²) in [7, 11) is 2.78. The molecule has 13 heteroatoms. The van der Waals surface area contributed by atoms with Crippen LogP contribution in [0, 0.1) is 24.0 Å². The van der Waals surface area contributed by atoms with Gasteiger partial charge in [0, 0.05) is 18.1 Å². The Morgan fingerprint density at radius 2 is 1.82 bits per heavy atom. The third-order valence-electron chi connectivity index (χ3n) is 5.45.